The largest absolute Gasteiger partial charge is 0.478 e. The van der Waals surface area contributed by atoms with Crippen molar-refractivity contribution >= 4 is 11.9 Å². The predicted molar refractivity (Wildman–Crippen MR) is 86.5 cm³/mol. The molecule has 2 aliphatic rings. The number of likely N-dealkylation sites (tertiary alicyclic amines) is 1. The van der Waals surface area contributed by atoms with Crippen LogP contribution in [0.15, 0.2) is 42.2 Å². The van der Waals surface area contributed by atoms with Gasteiger partial charge >= 0.3 is 5.97 Å². The number of aromatic carboxylic acids is 1. The molecule has 1 aromatic heterocycles. The van der Waals surface area contributed by atoms with Crippen molar-refractivity contribution in [2.45, 2.75) is 20.0 Å². The molecule has 0 radical (unpaired) electrons. The number of carboxylic acid groups (broad SMARTS) is 1. The molecule has 1 aliphatic carbocycles. The molecule has 1 N–H and O–H groups in total. The normalized spacial score (nSPS) is 18.5. The Labute approximate surface area is 139 Å². The molecular formula is C18H17N3O3. The third kappa shape index (κ3) is 2.60. The summed E-state index contributed by atoms with van der Waals surface area (Å²) in [6.45, 7) is 4.00. The third-order valence-electron chi connectivity index (χ3n) is 4.62. The van der Waals surface area contributed by atoms with E-state index in [9.17, 15) is 9.59 Å². The second-order valence-corrected chi connectivity index (χ2v) is 6.41. The molecule has 1 unspecified atom stereocenters. The van der Waals surface area contributed by atoms with Crippen LogP contribution in [-0.2, 0) is 17.9 Å². The molecule has 122 valence electrons. The number of hydrogen-bond acceptors (Lipinski definition) is 3. The third-order valence-corrected chi connectivity index (χ3v) is 4.62. The van der Waals surface area contributed by atoms with Crippen LogP contribution in [-0.4, -0.2) is 38.2 Å². The Bertz CT molecular complexity index is 881. The van der Waals surface area contributed by atoms with Gasteiger partial charge < -0.3 is 10.0 Å². The number of benzene rings is 1. The Balaban J connectivity index is 1.46. The number of amides is 1. The molecule has 0 spiro atoms. The number of aromatic nitrogens is 2. The maximum Gasteiger partial charge on any atom is 0.338 e. The van der Waals surface area contributed by atoms with Crippen LogP contribution >= 0.6 is 0 Å². The van der Waals surface area contributed by atoms with Crippen LogP contribution in [0, 0.1) is 12.8 Å². The van der Waals surface area contributed by atoms with Crippen molar-refractivity contribution in [3.8, 4) is 0 Å². The van der Waals surface area contributed by atoms with E-state index in [0.717, 1.165) is 28.8 Å². The summed E-state index contributed by atoms with van der Waals surface area (Å²) in [5.74, 6) is -0.419. The number of hydrogen-bond donors (Lipinski definition) is 1. The van der Waals surface area contributed by atoms with Gasteiger partial charge in [-0.15, -0.1) is 0 Å². The molecule has 1 atom stereocenters. The monoisotopic (exact) mass is 323 g/mol. The Hall–Kier alpha value is -2.89. The van der Waals surface area contributed by atoms with Gasteiger partial charge in [0.1, 0.15) is 0 Å². The van der Waals surface area contributed by atoms with Crippen LogP contribution < -0.4 is 0 Å². The van der Waals surface area contributed by atoms with Crippen LogP contribution in [0.2, 0.25) is 0 Å². The second kappa shape index (κ2) is 5.33. The number of fused-ring (bicyclic) bond motifs is 1. The summed E-state index contributed by atoms with van der Waals surface area (Å²) in [5, 5.41) is 13.0. The lowest BCUT2D eigenvalue weighted by atomic mass is 10.0. The molecule has 1 fully saturated rings. The van der Waals surface area contributed by atoms with Gasteiger partial charge in [0.2, 0.25) is 5.91 Å². The van der Waals surface area contributed by atoms with Gasteiger partial charge in [-0.3, -0.25) is 9.48 Å². The molecule has 0 saturated carbocycles. The summed E-state index contributed by atoms with van der Waals surface area (Å²) in [4.78, 5) is 24.8. The number of carbonyl (C=O) groups is 2. The quantitative estimate of drug-likeness (QED) is 0.911. The summed E-state index contributed by atoms with van der Waals surface area (Å²) in [5.41, 5.74) is 4.47. The average Bonchev–Trinajstić information content (AvgIpc) is 3.03. The lowest BCUT2D eigenvalue weighted by molar-refractivity contribution is -0.125. The Morgan fingerprint density at radius 3 is 2.83 bits per heavy atom. The summed E-state index contributed by atoms with van der Waals surface area (Å²) in [6.07, 6.45) is 4.90. The Morgan fingerprint density at radius 1 is 1.38 bits per heavy atom. The topological polar surface area (TPSA) is 75.4 Å². The van der Waals surface area contributed by atoms with Crippen LogP contribution in [0.25, 0.3) is 0 Å². The molecule has 2 heterocycles. The maximum absolute atomic E-state index is 12.0. The van der Waals surface area contributed by atoms with Crippen LogP contribution in [0.4, 0.5) is 0 Å². The first kappa shape index (κ1) is 14.7. The first-order chi connectivity index (χ1) is 11.5. The summed E-state index contributed by atoms with van der Waals surface area (Å²) < 4.78 is 1.61. The fraction of sp³-hybridized carbons (Fsp3) is 0.278. The van der Waals surface area contributed by atoms with Crippen molar-refractivity contribution < 1.29 is 14.7 Å². The van der Waals surface area contributed by atoms with Gasteiger partial charge in [-0.2, -0.15) is 5.10 Å². The highest BCUT2D eigenvalue weighted by Crippen LogP contribution is 2.38. The van der Waals surface area contributed by atoms with E-state index in [1.807, 2.05) is 30.0 Å². The molecular weight excluding hydrogens is 306 g/mol. The predicted octanol–water partition coefficient (Wildman–Crippen LogP) is 1.84. The van der Waals surface area contributed by atoms with E-state index in [0.29, 0.717) is 19.0 Å². The standard InChI is InChI=1S/C18H17N3O3/c1-11-4-12(7-21-10-15(6-19-21)18(23)24)2-3-13(11)8-20-9-14-5-16(14)17(20)22/h2-6,10,14H,7-9H2,1H3,(H,23,24). The fourth-order valence-electron chi connectivity index (χ4n) is 3.18. The van der Waals surface area contributed by atoms with Gasteiger partial charge in [-0.25, -0.2) is 4.79 Å². The first-order valence-corrected chi connectivity index (χ1v) is 7.86. The molecule has 24 heavy (non-hydrogen) atoms. The van der Waals surface area contributed by atoms with Crippen LogP contribution in [0.5, 0.6) is 0 Å². The SMILES string of the molecule is Cc1cc(Cn2cc(C(=O)O)cn2)ccc1CN1CC2C=C2C1=O. The van der Waals surface area contributed by atoms with Crippen molar-refractivity contribution in [2.24, 2.45) is 5.92 Å². The van der Waals surface area contributed by atoms with E-state index >= 15 is 0 Å². The minimum Gasteiger partial charge on any atom is -0.478 e. The van der Waals surface area contributed by atoms with E-state index in [1.165, 1.54) is 12.4 Å². The molecule has 1 amide bonds. The zero-order valence-corrected chi connectivity index (χ0v) is 13.3. The lowest BCUT2D eigenvalue weighted by Gasteiger charge is -2.18. The molecule has 1 aromatic carbocycles. The van der Waals surface area contributed by atoms with Gasteiger partial charge in [0, 0.05) is 30.8 Å². The van der Waals surface area contributed by atoms with Gasteiger partial charge in [-0.1, -0.05) is 24.3 Å². The number of nitrogens with zero attached hydrogens (tertiary/aromatic N) is 3. The van der Waals surface area contributed by atoms with Crippen molar-refractivity contribution in [1.82, 2.24) is 14.7 Å². The van der Waals surface area contributed by atoms with Crippen LogP contribution in [0.1, 0.15) is 27.0 Å². The van der Waals surface area contributed by atoms with E-state index in [2.05, 4.69) is 11.2 Å². The Morgan fingerprint density at radius 2 is 2.21 bits per heavy atom. The molecule has 1 aliphatic heterocycles. The maximum atomic E-state index is 12.0. The van der Waals surface area contributed by atoms with E-state index < -0.39 is 5.97 Å². The van der Waals surface area contributed by atoms with Gasteiger partial charge in [-0.05, 0) is 23.6 Å². The van der Waals surface area contributed by atoms with Gasteiger partial charge in [0.05, 0.1) is 18.3 Å². The molecule has 6 heteroatoms. The van der Waals surface area contributed by atoms with Gasteiger partial charge in [0.25, 0.3) is 0 Å². The van der Waals surface area contributed by atoms with E-state index in [1.54, 1.807) is 4.68 Å². The minimum absolute atomic E-state index is 0.168. The van der Waals surface area contributed by atoms with Crippen molar-refractivity contribution in [3.05, 3.63) is 64.5 Å². The molecule has 4 rings (SSSR count). The van der Waals surface area contributed by atoms with Crippen molar-refractivity contribution in [3.63, 3.8) is 0 Å². The summed E-state index contributed by atoms with van der Waals surface area (Å²) >= 11 is 0. The second-order valence-electron chi connectivity index (χ2n) is 6.41. The minimum atomic E-state index is -0.976. The Kier molecular flexibility index (Phi) is 3.26. The summed E-state index contributed by atoms with van der Waals surface area (Å²) in [7, 11) is 0. The highest BCUT2D eigenvalue weighted by molar-refractivity contribution is 6.01. The average molecular weight is 323 g/mol. The lowest BCUT2D eigenvalue weighted by Crippen LogP contribution is -2.26. The van der Waals surface area contributed by atoms with Crippen LogP contribution in [0.3, 0.4) is 0 Å². The number of aryl methyl sites for hydroxylation is 1. The molecule has 2 aromatic rings. The first-order valence-electron chi connectivity index (χ1n) is 7.86. The zero-order chi connectivity index (χ0) is 16.8. The van der Waals surface area contributed by atoms with E-state index in [4.69, 9.17) is 5.11 Å². The smallest absolute Gasteiger partial charge is 0.338 e. The number of carbonyl (C=O) groups excluding carboxylic acids is 1. The summed E-state index contributed by atoms with van der Waals surface area (Å²) in [6, 6.07) is 6.11. The van der Waals surface area contributed by atoms with Gasteiger partial charge in [0.15, 0.2) is 0 Å². The number of carboxylic acids is 1. The van der Waals surface area contributed by atoms with Crippen molar-refractivity contribution in [2.75, 3.05) is 6.54 Å². The number of rotatable bonds is 5. The molecule has 1 saturated heterocycles. The van der Waals surface area contributed by atoms with E-state index in [-0.39, 0.29) is 11.5 Å². The van der Waals surface area contributed by atoms with Crippen molar-refractivity contribution in [1.29, 1.82) is 0 Å². The molecule has 6 nitrogen and oxygen atoms in total. The zero-order valence-electron chi connectivity index (χ0n) is 13.3. The molecule has 0 bridgehead atoms. The highest BCUT2D eigenvalue weighted by atomic mass is 16.4. The highest BCUT2D eigenvalue weighted by Gasteiger charge is 2.42. The fourth-order valence-corrected chi connectivity index (χ4v) is 3.18.